The predicted octanol–water partition coefficient (Wildman–Crippen LogP) is 2.06. The first-order valence-corrected chi connectivity index (χ1v) is 6.51. The molecule has 0 amide bonds. The average molecular weight is 285 g/mol. The number of hydrogen-bond donors (Lipinski definition) is 1. The fourth-order valence-electron chi connectivity index (χ4n) is 2.44. The molecule has 2 rings (SSSR count). The SMILES string of the molecule is CN1CCCC(NCc2cc([N+](=O)[O-])c(F)cc2F)C1. The zero-order chi connectivity index (χ0) is 14.7. The molecular weight excluding hydrogens is 268 g/mol. The smallest absolute Gasteiger partial charge is 0.305 e. The quantitative estimate of drug-likeness (QED) is 0.679. The van der Waals surface area contributed by atoms with Crippen LogP contribution in [0.2, 0.25) is 0 Å². The van der Waals surface area contributed by atoms with Crippen LogP contribution in [0.1, 0.15) is 18.4 Å². The molecule has 1 aromatic rings. The highest BCUT2D eigenvalue weighted by atomic mass is 19.1. The van der Waals surface area contributed by atoms with Crippen molar-refractivity contribution in [1.82, 2.24) is 10.2 Å². The van der Waals surface area contributed by atoms with Crippen LogP contribution in [0.5, 0.6) is 0 Å². The summed E-state index contributed by atoms with van der Waals surface area (Å²) in [4.78, 5) is 12.0. The van der Waals surface area contributed by atoms with Crippen LogP contribution >= 0.6 is 0 Å². The van der Waals surface area contributed by atoms with Gasteiger partial charge in [-0.15, -0.1) is 0 Å². The highest BCUT2D eigenvalue weighted by Gasteiger charge is 2.20. The van der Waals surface area contributed by atoms with E-state index in [0.717, 1.165) is 32.0 Å². The van der Waals surface area contributed by atoms with E-state index in [-0.39, 0.29) is 18.2 Å². The van der Waals surface area contributed by atoms with Gasteiger partial charge < -0.3 is 10.2 Å². The number of hydrogen-bond acceptors (Lipinski definition) is 4. The first kappa shape index (κ1) is 14.8. The molecule has 5 nitrogen and oxygen atoms in total. The van der Waals surface area contributed by atoms with E-state index < -0.39 is 22.2 Å². The van der Waals surface area contributed by atoms with Crippen LogP contribution in [0, 0.1) is 21.7 Å². The Morgan fingerprint density at radius 1 is 1.45 bits per heavy atom. The third-order valence-electron chi connectivity index (χ3n) is 3.52. The minimum Gasteiger partial charge on any atom is -0.309 e. The Balaban J connectivity index is 2.05. The summed E-state index contributed by atoms with van der Waals surface area (Å²) in [5.41, 5.74) is -0.574. The molecule has 1 aliphatic rings. The van der Waals surface area contributed by atoms with E-state index in [4.69, 9.17) is 0 Å². The lowest BCUT2D eigenvalue weighted by Gasteiger charge is -2.30. The monoisotopic (exact) mass is 285 g/mol. The molecule has 0 bridgehead atoms. The number of nitrogens with zero attached hydrogens (tertiary/aromatic N) is 2. The maximum Gasteiger partial charge on any atom is 0.305 e. The topological polar surface area (TPSA) is 58.4 Å². The summed E-state index contributed by atoms with van der Waals surface area (Å²) in [7, 11) is 2.01. The van der Waals surface area contributed by atoms with E-state index in [1.54, 1.807) is 0 Å². The second-order valence-electron chi connectivity index (χ2n) is 5.13. The fraction of sp³-hybridized carbons (Fsp3) is 0.538. The van der Waals surface area contributed by atoms with Gasteiger partial charge in [0.05, 0.1) is 4.92 Å². The lowest BCUT2D eigenvalue weighted by Crippen LogP contribution is -2.43. The number of nitro groups is 1. The van der Waals surface area contributed by atoms with E-state index in [2.05, 4.69) is 10.2 Å². The van der Waals surface area contributed by atoms with E-state index in [9.17, 15) is 18.9 Å². The van der Waals surface area contributed by atoms with Crippen molar-refractivity contribution < 1.29 is 13.7 Å². The Bertz CT molecular complexity index is 511. The molecular formula is C13H17F2N3O2. The lowest BCUT2D eigenvalue weighted by atomic mass is 10.1. The zero-order valence-corrected chi connectivity index (χ0v) is 11.2. The molecule has 20 heavy (non-hydrogen) atoms. The Hall–Kier alpha value is -1.60. The number of piperidine rings is 1. The highest BCUT2D eigenvalue weighted by Crippen LogP contribution is 2.21. The number of nitrogens with one attached hydrogen (secondary N) is 1. The number of halogens is 2. The zero-order valence-electron chi connectivity index (χ0n) is 11.2. The molecule has 0 radical (unpaired) electrons. The minimum absolute atomic E-state index is 0.117. The summed E-state index contributed by atoms with van der Waals surface area (Å²) in [6, 6.07) is 1.75. The minimum atomic E-state index is -1.14. The molecule has 1 heterocycles. The van der Waals surface area contributed by atoms with Crippen LogP contribution < -0.4 is 5.32 Å². The molecule has 1 atom stereocenters. The van der Waals surface area contributed by atoms with Gasteiger partial charge in [-0.1, -0.05) is 0 Å². The van der Waals surface area contributed by atoms with Crippen molar-refractivity contribution in [3.8, 4) is 0 Å². The van der Waals surface area contributed by atoms with Gasteiger partial charge in [0.25, 0.3) is 0 Å². The molecule has 1 aliphatic heterocycles. The van der Waals surface area contributed by atoms with Gasteiger partial charge in [0.15, 0.2) is 0 Å². The standard InChI is InChI=1S/C13H17F2N3O2/c1-17-4-2-3-10(8-17)16-7-9-5-13(18(19)20)12(15)6-11(9)14/h5-6,10,16H,2-4,7-8H2,1H3. The first-order chi connectivity index (χ1) is 9.47. The maximum atomic E-state index is 13.6. The van der Waals surface area contributed by atoms with Crippen molar-refractivity contribution in [2.24, 2.45) is 0 Å². The predicted molar refractivity (Wildman–Crippen MR) is 70.4 cm³/mol. The summed E-state index contributed by atoms with van der Waals surface area (Å²) in [5, 5.41) is 13.8. The lowest BCUT2D eigenvalue weighted by molar-refractivity contribution is -0.387. The molecule has 1 aromatic carbocycles. The number of rotatable bonds is 4. The largest absolute Gasteiger partial charge is 0.309 e. The van der Waals surface area contributed by atoms with Crippen molar-refractivity contribution in [3.05, 3.63) is 39.4 Å². The second-order valence-corrected chi connectivity index (χ2v) is 5.13. The molecule has 1 N–H and O–H groups in total. The second kappa shape index (κ2) is 6.23. The molecule has 0 saturated carbocycles. The van der Waals surface area contributed by atoms with Gasteiger partial charge in [-0.25, -0.2) is 4.39 Å². The number of likely N-dealkylation sites (tertiary alicyclic amines) is 1. The highest BCUT2D eigenvalue weighted by molar-refractivity contribution is 5.37. The first-order valence-electron chi connectivity index (χ1n) is 6.51. The van der Waals surface area contributed by atoms with Crippen molar-refractivity contribution in [2.75, 3.05) is 20.1 Å². The van der Waals surface area contributed by atoms with Gasteiger partial charge in [-0.3, -0.25) is 10.1 Å². The molecule has 1 unspecified atom stereocenters. The third kappa shape index (κ3) is 3.49. The van der Waals surface area contributed by atoms with E-state index in [0.29, 0.717) is 6.07 Å². The Morgan fingerprint density at radius 3 is 2.85 bits per heavy atom. The van der Waals surface area contributed by atoms with Crippen molar-refractivity contribution >= 4 is 5.69 Å². The summed E-state index contributed by atoms with van der Waals surface area (Å²) in [5.74, 6) is -1.90. The molecule has 1 saturated heterocycles. The van der Waals surface area contributed by atoms with Crippen LogP contribution in [-0.2, 0) is 6.54 Å². The van der Waals surface area contributed by atoms with Crippen molar-refractivity contribution in [2.45, 2.75) is 25.4 Å². The third-order valence-corrected chi connectivity index (χ3v) is 3.52. The molecule has 7 heteroatoms. The van der Waals surface area contributed by atoms with Crippen LogP contribution in [0.25, 0.3) is 0 Å². The van der Waals surface area contributed by atoms with Crippen LogP contribution in [0.15, 0.2) is 12.1 Å². The molecule has 0 spiro atoms. The molecule has 110 valence electrons. The molecule has 1 fully saturated rings. The van der Waals surface area contributed by atoms with Crippen LogP contribution in [0.4, 0.5) is 14.5 Å². The Labute approximate surface area is 115 Å². The van der Waals surface area contributed by atoms with Gasteiger partial charge in [0.2, 0.25) is 5.82 Å². The van der Waals surface area contributed by atoms with Crippen LogP contribution in [-0.4, -0.2) is 36.0 Å². The van der Waals surface area contributed by atoms with Crippen molar-refractivity contribution in [3.63, 3.8) is 0 Å². The fourth-order valence-corrected chi connectivity index (χ4v) is 2.44. The van der Waals surface area contributed by atoms with Gasteiger partial charge in [-0.2, -0.15) is 4.39 Å². The summed E-state index contributed by atoms with van der Waals surface area (Å²) < 4.78 is 26.8. The summed E-state index contributed by atoms with van der Waals surface area (Å²) in [6.45, 7) is 2.05. The van der Waals surface area contributed by atoms with E-state index in [1.165, 1.54) is 0 Å². The van der Waals surface area contributed by atoms with Gasteiger partial charge >= 0.3 is 5.69 Å². The van der Waals surface area contributed by atoms with Gasteiger partial charge in [0.1, 0.15) is 5.82 Å². The van der Waals surface area contributed by atoms with Gasteiger partial charge in [-0.05, 0) is 26.4 Å². The average Bonchev–Trinajstić information content (AvgIpc) is 2.37. The molecule has 0 aromatic heterocycles. The summed E-state index contributed by atoms with van der Waals surface area (Å²) >= 11 is 0. The summed E-state index contributed by atoms with van der Waals surface area (Å²) in [6.07, 6.45) is 2.04. The van der Waals surface area contributed by atoms with Crippen LogP contribution in [0.3, 0.4) is 0 Å². The molecule has 0 aliphatic carbocycles. The normalized spacial score (nSPS) is 20.1. The van der Waals surface area contributed by atoms with Crippen molar-refractivity contribution in [1.29, 1.82) is 0 Å². The number of likely N-dealkylation sites (N-methyl/N-ethyl adjacent to an activating group) is 1. The van der Waals surface area contributed by atoms with Gasteiger partial charge in [0, 0.05) is 36.8 Å². The number of benzene rings is 1. The Morgan fingerprint density at radius 2 is 2.20 bits per heavy atom. The van der Waals surface area contributed by atoms with E-state index in [1.807, 2.05) is 7.05 Å². The maximum absolute atomic E-state index is 13.6. The number of nitro benzene ring substituents is 1. The Kier molecular flexibility index (Phi) is 4.61. The van der Waals surface area contributed by atoms with E-state index >= 15 is 0 Å².